The highest BCUT2D eigenvalue weighted by Gasteiger charge is 2.40. The number of rotatable bonds is 1. The van der Waals surface area contributed by atoms with Gasteiger partial charge in [0.2, 0.25) is 0 Å². The lowest BCUT2D eigenvalue weighted by molar-refractivity contribution is 0.143. The van der Waals surface area contributed by atoms with Gasteiger partial charge in [0.25, 0.3) is 0 Å². The molecule has 1 aliphatic carbocycles. The number of benzene rings is 1. The molecule has 3 atom stereocenters. The van der Waals surface area contributed by atoms with Crippen LogP contribution in [-0.4, -0.2) is 0 Å². The summed E-state index contributed by atoms with van der Waals surface area (Å²) in [6.45, 7) is 6.45. The summed E-state index contributed by atoms with van der Waals surface area (Å²) in [5, 5.41) is 0. The molecule has 1 aromatic carbocycles. The zero-order chi connectivity index (χ0) is 12.6. The predicted molar refractivity (Wildman–Crippen MR) is 69.2 cm³/mol. The van der Waals surface area contributed by atoms with E-state index in [1.54, 1.807) is 6.07 Å². The van der Waals surface area contributed by atoms with Gasteiger partial charge in [-0.05, 0) is 48.4 Å². The van der Waals surface area contributed by atoms with Crippen molar-refractivity contribution in [1.29, 1.82) is 0 Å². The van der Waals surface area contributed by atoms with E-state index in [-0.39, 0.29) is 11.4 Å². The Balaban J connectivity index is 2.42. The van der Waals surface area contributed by atoms with Gasteiger partial charge in [0.05, 0.1) is 0 Å². The van der Waals surface area contributed by atoms with Gasteiger partial charge in [-0.2, -0.15) is 0 Å². The molecule has 1 aromatic rings. The molecule has 94 valence electrons. The second kappa shape index (κ2) is 4.41. The SMILES string of the molecule is Cc1cc(F)ccc1C1(N)CCCC(C)C1C. The molecule has 3 unspecified atom stereocenters. The lowest BCUT2D eigenvalue weighted by Crippen LogP contribution is -2.48. The minimum absolute atomic E-state index is 0.175. The van der Waals surface area contributed by atoms with Gasteiger partial charge < -0.3 is 5.73 Å². The summed E-state index contributed by atoms with van der Waals surface area (Å²) in [6.07, 6.45) is 3.42. The highest BCUT2D eigenvalue weighted by atomic mass is 19.1. The Morgan fingerprint density at radius 2 is 2.06 bits per heavy atom. The maximum atomic E-state index is 13.2. The van der Waals surface area contributed by atoms with Gasteiger partial charge in [0.15, 0.2) is 0 Å². The van der Waals surface area contributed by atoms with E-state index in [1.165, 1.54) is 18.9 Å². The highest BCUT2D eigenvalue weighted by molar-refractivity contribution is 5.34. The van der Waals surface area contributed by atoms with Crippen LogP contribution in [0.2, 0.25) is 0 Å². The first kappa shape index (κ1) is 12.6. The maximum Gasteiger partial charge on any atom is 0.123 e. The predicted octanol–water partition coefficient (Wildman–Crippen LogP) is 3.74. The van der Waals surface area contributed by atoms with Gasteiger partial charge in [0.1, 0.15) is 5.82 Å². The minimum Gasteiger partial charge on any atom is -0.321 e. The van der Waals surface area contributed by atoms with E-state index in [4.69, 9.17) is 5.73 Å². The van der Waals surface area contributed by atoms with Crippen molar-refractivity contribution >= 4 is 0 Å². The van der Waals surface area contributed by atoms with E-state index in [2.05, 4.69) is 13.8 Å². The number of nitrogens with two attached hydrogens (primary N) is 1. The zero-order valence-corrected chi connectivity index (χ0v) is 11.0. The van der Waals surface area contributed by atoms with E-state index in [0.717, 1.165) is 17.5 Å². The van der Waals surface area contributed by atoms with Crippen LogP contribution in [0, 0.1) is 24.6 Å². The quantitative estimate of drug-likeness (QED) is 0.788. The van der Waals surface area contributed by atoms with Crippen LogP contribution in [0.1, 0.15) is 44.2 Å². The molecule has 1 aliphatic rings. The third kappa shape index (κ3) is 2.11. The number of hydrogen-bond donors (Lipinski definition) is 1. The zero-order valence-electron chi connectivity index (χ0n) is 11.0. The van der Waals surface area contributed by atoms with Gasteiger partial charge >= 0.3 is 0 Å². The fourth-order valence-electron chi connectivity index (χ4n) is 3.23. The Morgan fingerprint density at radius 1 is 1.35 bits per heavy atom. The monoisotopic (exact) mass is 235 g/mol. The van der Waals surface area contributed by atoms with Crippen molar-refractivity contribution in [2.24, 2.45) is 17.6 Å². The van der Waals surface area contributed by atoms with Gasteiger partial charge in [-0.3, -0.25) is 0 Å². The Morgan fingerprint density at radius 3 is 2.71 bits per heavy atom. The van der Waals surface area contributed by atoms with Crippen LogP contribution in [0.15, 0.2) is 18.2 Å². The Labute approximate surface area is 103 Å². The molecule has 0 bridgehead atoms. The van der Waals surface area contributed by atoms with Crippen molar-refractivity contribution in [3.05, 3.63) is 35.1 Å². The van der Waals surface area contributed by atoms with Crippen LogP contribution < -0.4 is 5.73 Å². The molecule has 1 nitrogen and oxygen atoms in total. The van der Waals surface area contributed by atoms with Crippen LogP contribution in [0.3, 0.4) is 0 Å². The van der Waals surface area contributed by atoms with Gasteiger partial charge in [0, 0.05) is 5.54 Å². The van der Waals surface area contributed by atoms with Crippen LogP contribution in [0.5, 0.6) is 0 Å². The van der Waals surface area contributed by atoms with Crippen molar-refractivity contribution < 1.29 is 4.39 Å². The van der Waals surface area contributed by atoms with E-state index in [1.807, 2.05) is 13.0 Å². The summed E-state index contributed by atoms with van der Waals surface area (Å²) in [5.41, 5.74) is 8.46. The number of aryl methyl sites for hydroxylation is 1. The normalized spacial score (nSPS) is 33.7. The first-order valence-electron chi connectivity index (χ1n) is 6.50. The molecule has 2 N–H and O–H groups in total. The highest BCUT2D eigenvalue weighted by Crippen LogP contribution is 2.43. The third-order valence-corrected chi connectivity index (χ3v) is 4.61. The lowest BCUT2D eigenvalue weighted by Gasteiger charge is -2.44. The number of hydrogen-bond acceptors (Lipinski definition) is 1. The Bertz CT molecular complexity index is 415. The van der Waals surface area contributed by atoms with Crippen molar-refractivity contribution in [3.63, 3.8) is 0 Å². The topological polar surface area (TPSA) is 26.0 Å². The molecule has 2 rings (SSSR count). The standard InChI is InChI=1S/C15H22FN/c1-10-5-4-8-15(17,12(10)3)14-7-6-13(16)9-11(14)2/h6-7,9-10,12H,4-5,8,17H2,1-3H3. The first-order chi connectivity index (χ1) is 7.95. The average molecular weight is 235 g/mol. The number of halogens is 1. The largest absolute Gasteiger partial charge is 0.321 e. The maximum absolute atomic E-state index is 13.2. The summed E-state index contributed by atoms with van der Waals surface area (Å²) in [7, 11) is 0. The van der Waals surface area contributed by atoms with Crippen LogP contribution in [-0.2, 0) is 5.54 Å². The van der Waals surface area contributed by atoms with Gasteiger partial charge in [-0.1, -0.05) is 32.8 Å². The molecule has 0 aromatic heterocycles. The molecule has 2 heteroatoms. The van der Waals surface area contributed by atoms with Crippen LogP contribution in [0.25, 0.3) is 0 Å². The van der Waals surface area contributed by atoms with Crippen molar-refractivity contribution in [3.8, 4) is 0 Å². The molecule has 0 amide bonds. The first-order valence-corrected chi connectivity index (χ1v) is 6.50. The van der Waals surface area contributed by atoms with E-state index in [0.29, 0.717) is 11.8 Å². The molecular formula is C15H22FN. The smallest absolute Gasteiger partial charge is 0.123 e. The van der Waals surface area contributed by atoms with E-state index < -0.39 is 0 Å². The fourth-order valence-corrected chi connectivity index (χ4v) is 3.23. The van der Waals surface area contributed by atoms with E-state index >= 15 is 0 Å². The molecule has 0 saturated heterocycles. The summed E-state index contributed by atoms with van der Waals surface area (Å²) in [5.74, 6) is 0.907. The Kier molecular flexibility index (Phi) is 3.26. The summed E-state index contributed by atoms with van der Waals surface area (Å²) >= 11 is 0. The molecule has 17 heavy (non-hydrogen) atoms. The van der Waals surface area contributed by atoms with Crippen molar-refractivity contribution in [2.45, 2.75) is 45.6 Å². The molecular weight excluding hydrogens is 213 g/mol. The molecule has 0 aliphatic heterocycles. The Hall–Kier alpha value is -0.890. The molecule has 0 heterocycles. The molecule has 1 saturated carbocycles. The van der Waals surface area contributed by atoms with Gasteiger partial charge in [-0.15, -0.1) is 0 Å². The van der Waals surface area contributed by atoms with Crippen LogP contribution >= 0.6 is 0 Å². The summed E-state index contributed by atoms with van der Waals surface area (Å²) in [4.78, 5) is 0. The summed E-state index contributed by atoms with van der Waals surface area (Å²) in [6, 6.07) is 5.00. The third-order valence-electron chi connectivity index (χ3n) is 4.61. The average Bonchev–Trinajstić information content (AvgIpc) is 2.25. The molecule has 0 radical (unpaired) electrons. The van der Waals surface area contributed by atoms with Crippen molar-refractivity contribution in [1.82, 2.24) is 0 Å². The minimum atomic E-state index is -0.282. The molecule has 0 spiro atoms. The molecule has 1 fully saturated rings. The second-order valence-electron chi connectivity index (χ2n) is 5.66. The van der Waals surface area contributed by atoms with Gasteiger partial charge in [-0.25, -0.2) is 4.39 Å². The summed E-state index contributed by atoms with van der Waals surface area (Å²) < 4.78 is 13.2. The van der Waals surface area contributed by atoms with Crippen molar-refractivity contribution in [2.75, 3.05) is 0 Å². The van der Waals surface area contributed by atoms with E-state index in [9.17, 15) is 4.39 Å². The second-order valence-corrected chi connectivity index (χ2v) is 5.66. The lowest BCUT2D eigenvalue weighted by atomic mass is 9.65. The van der Waals surface area contributed by atoms with Crippen LogP contribution in [0.4, 0.5) is 4.39 Å². The fraction of sp³-hybridized carbons (Fsp3) is 0.600.